The van der Waals surface area contributed by atoms with Gasteiger partial charge in [-0.05, 0) is 6.07 Å². The van der Waals surface area contributed by atoms with Crippen LogP contribution in [0.5, 0.6) is 0 Å². The van der Waals surface area contributed by atoms with Gasteiger partial charge in [0.1, 0.15) is 5.69 Å². The fraction of sp³-hybridized carbons (Fsp3) is 0. The summed E-state index contributed by atoms with van der Waals surface area (Å²) in [5.74, 6) is 3.15. The highest BCUT2D eigenvalue weighted by molar-refractivity contribution is 5.36. The van der Waals surface area contributed by atoms with Crippen LogP contribution in [0.15, 0.2) is 24.7 Å². The van der Waals surface area contributed by atoms with Crippen LogP contribution in [-0.4, -0.2) is 14.4 Å². The Hall–Kier alpha value is -1.82. The molecule has 3 nitrogen and oxygen atoms in total. The van der Waals surface area contributed by atoms with Gasteiger partial charge in [-0.1, -0.05) is 5.92 Å². The lowest BCUT2D eigenvalue weighted by Crippen LogP contribution is -1.88. The van der Waals surface area contributed by atoms with Gasteiger partial charge >= 0.3 is 0 Å². The number of imidazole rings is 1. The minimum absolute atomic E-state index is 0.639. The summed E-state index contributed by atoms with van der Waals surface area (Å²) in [5, 5.41) is 0. The lowest BCUT2D eigenvalue weighted by molar-refractivity contribution is 1.09. The third-order valence-corrected chi connectivity index (χ3v) is 1.44. The molecule has 0 atom stereocenters. The van der Waals surface area contributed by atoms with Crippen molar-refractivity contribution in [2.24, 2.45) is 0 Å². The topological polar surface area (TPSA) is 30.2 Å². The van der Waals surface area contributed by atoms with Gasteiger partial charge in [-0.25, -0.2) is 9.97 Å². The Kier molecular flexibility index (Phi) is 1.13. The quantitative estimate of drug-likeness (QED) is 0.508. The third kappa shape index (κ3) is 0.767. The van der Waals surface area contributed by atoms with Crippen LogP contribution in [0.25, 0.3) is 5.78 Å². The number of hydrogen-bond donors (Lipinski definition) is 0. The number of terminal acetylenes is 1. The average Bonchev–Trinajstić information content (AvgIpc) is 2.47. The van der Waals surface area contributed by atoms with Crippen molar-refractivity contribution in [1.29, 1.82) is 0 Å². The number of rotatable bonds is 0. The van der Waals surface area contributed by atoms with Crippen LogP contribution in [0, 0.1) is 12.3 Å². The molecule has 0 N–H and O–H groups in total. The lowest BCUT2D eigenvalue weighted by atomic mass is 10.5. The predicted molar refractivity (Wildman–Crippen MR) is 40.9 cm³/mol. The van der Waals surface area contributed by atoms with E-state index in [0.29, 0.717) is 5.78 Å². The standard InChI is InChI=1S/C8H5N3/c1-2-7-6-10-8-9-4-3-5-11(7)8/h1,3-6H. The molecule has 0 aliphatic carbocycles. The molecule has 2 aromatic rings. The van der Waals surface area contributed by atoms with E-state index in [4.69, 9.17) is 6.42 Å². The van der Waals surface area contributed by atoms with Crippen molar-refractivity contribution in [3.05, 3.63) is 30.4 Å². The Labute approximate surface area is 63.7 Å². The first-order valence-corrected chi connectivity index (χ1v) is 3.16. The minimum Gasteiger partial charge on any atom is -0.277 e. The van der Waals surface area contributed by atoms with Crippen molar-refractivity contribution >= 4 is 5.78 Å². The molecule has 3 heteroatoms. The maximum absolute atomic E-state index is 5.22. The maximum Gasteiger partial charge on any atom is 0.234 e. The molecule has 52 valence electrons. The van der Waals surface area contributed by atoms with E-state index < -0.39 is 0 Å². The zero-order chi connectivity index (χ0) is 7.68. The van der Waals surface area contributed by atoms with E-state index in [9.17, 15) is 0 Å². The molecule has 11 heavy (non-hydrogen) atoms. The Morgan fingerprint density at radius 2 is 2.36 bits per heavy atom. The lowest BCUT2D eigenvalue weighted by Gasteiger charge is -1.90. The van der Waals surface area contributed by atoms with E-state index in [2.05, 4.69) is 15.9 Å². The molecule has 0 radical (unpaired) electrons. The largest absolute Gasteiger partial charge is 0.277 e. The number of nitrogens with zero attached hydrogens (tertiary/aromatic N) is 3. The van der Waals surface area contributed by atoms with Crippen molar-refractivity contribution < 1.29 is 0 Å². The first kappa shape index (κ1) is 5.93. The van der Waals surface area contributed by atoms with Crippen molar-refractivity contribution in [3.8, 4) is 12.3 Å². The minimum atomic E-state index is 0.639. The van der Waals surface area contributed by atoms with Crippen LogP contribution < -0.4 is 0 Å². The van der Waals surface area contributed by atoms with Gasteiger partial charge in [0, 0.05) is 12.4 Å². The van der Waals surface area contributed by atoms with Crippen molar-refractivity contribution in [2.75, 3.05) is 0 Å². The van der Waals surface area contributed by atoms with Gasteiger partial charge in [-0.15, -0.1) is 6.42 Å². The smallest absolute Gasteiger partial charge is 0.234 e. The van der Waals surface area contributed by atoms with E-state index in [1.807, 2.05) is 12.3 Å². The first-order valence-electron chi connectivity index (χ1n) is 3.16. The summed E-state index contributed by atoms with van der Waals surface area (Å²) < 4.78 is 1.76. The van der Waals surface area contributed by atoms with Gasteiger partial charge in [0.05, 0.1) is 6.20 Å². The Morgan fingerprint density at radius 3 is 3.18 bits per heavy atom. The Bertz CT molecular complexity index is 422. The molecule has 0 aliphatic rings. The van der Waals surface area contributed by atoms with Crippen LogP contribution in [0.2, 0.25) is 0 Å². The van der Waals surface area contributed by atoms with Gasteiger partial charge < -0.3 is 0 Å². The summed E-state index contributed by atoms with van der Waals surface area (Å²) in [6.07, 6.45) is 10.4. The zero-order valence-electron chi connectivity index (χ0n) is 5.73. The maximum atomic E-state index is 5.22. The number of aromatic nitrogens is 3. The second kappa shape index (κ2) is 2.10. The van der Waals surface area contributed by atoms with Gasteiger partial charge in [-0.2, -0.15) is 0 Å². The van der Waals surface area contributed by atoms with E-state index in [0.717, 1.165) is 5.69 Å². The van der Waals surface area contributed by atoms with Crippen LogP contribution in [0.4, 0.5) is 0 Å². The molecule has 2 rings (SSSR count). The number of hydrogen-bond acceptors (Lipinski definition) is 2. The molecular weight excluding hydrogens is 138 g/mol. The summed E-state index contributed by atoms with van der Waals surface area (Å²) >= 11 is 0. The highest BCUT2D eigenvalue weighted by Gasteiger charge is 1.97. The Balaban J connectivity index is 2.89. The summed E-state index contributed by atoms with van der Waals surface area (Å²) in [6.45, 7) is 0. The third-order valence-electron chi connectivity index (χ3n) is 1.44. The van der Waals surface area contributed by atoms with Gasteiger partial charge in [-0.3, -0.25) is 4.40 Å². The predicted octanol–water partition coefficient (Wildman–Crippen LogP) is 0.711. The average molecular weight is 143 g/mol. The fourth-order valence-electron chi connectivity index (χ4n) is 0.935. The van der Waals surface area contributed by atoms with Crippen LogP contribution in [-0.2, 0) is 0 Å². The first-order chi connectivity index (χ1) is 5.42. The van der Waals surface area contributed by atoms with E-state index in [1.165, 1.54) is 0 Å². The summed E-state index contributed by atoms with van der Waals surface area (Å²) in [5.41, 5.74) is 0.730. The van der Waals surface area contributed by atoms with Crippen molar-refractivity contribution in [1.82, 2.24) is 14.4 Å². The van der Waals surface area contributed by atoms with Crippen LogP contribution >= 0.6 is 0 Å². The van der Waals surface area contributed by atoms with Gasteiger partial charge in [0.25, 0.3) is 0 Å². The van der Waals surface area contributed by atoms with Crippen molar-refractivity contribution in [2.45, 2.75) is 0 Å². The van der Waals surface area contributed by atoms with E-state index in [1.54, 1.807) is 16.8 Å². The molecule has 0 unspecified atom stereocenters. The molecule has 0 aromatic carbocycles. The van der Waals surface area contributed by atoms with Crippen molar-refractivity contribution in [3.63, 3.8) is 0 Å². The second-order valence-electron chi connectivity index (χ2n) is 2.08. The molecule has 0 amide bonds. The molecule has 0 aliphatic heterocycles. The van der Waals surface area contributed by atoms with Crippen LogP contribution in [0.1, 0.15) is 5.69 Å². The van der Waals surface area contributed by atoms with Gasteiger partial charge in [0.2, 0.25) is 5.78 Å². The Morgan fingerprint density at radius 1 is 1.45 bits per heavy atom. The van der Waals surface area contributed by atoms with Crippen LogP contribution in [0.3, 0.4) is 0 Å². The van der Waals surface area contributed by atoms with Gasteiger partial charge in [0.15, 0.2) is 0 Å². The summed E-state index contributed by atoms with van der Waals surface area (Å²) in [4.78, 5) is 8.00. The number of fused-ring (bicyclic) bond motifs is 1. The molecule has 0 bridgehead atoms. The highest BCUT2D eigenvalue weighted by atomic mass is 15.1. The molecule has 0 saturated heterocycles. The van der Waals surface area contributed by atoms with E-state index >= 15 is 0 Å². The zero-order valence-corrected chi connectivity index (χ0v) is 5.73. The second-order valence-corrected chi connectivity index (χ2v) is 2.08. The SMILES string of the molecule is C#Cc1cnc2ncccn12. The molecule has 2 aromatic heterocycles. The summed E-state index contributed by atoms with van der Waals surface area (Å²) in [6, 6.07) is 1.82. The molecule has 0 spiro atoms. The fourth-order valence-corrected chi connectivity index (χ4v) is 0.935. The normalized spacial score (nSPS) is 9.73. The summed E-state index contributed by atoms with van der Waals surface area (Å²) in [7, 11) is 0. The molecule has 2 heterocycles. The molecular formula is C8H5N3. The molecule has 0 fully saturated rings. The van der Waals surface area contributed by atoms with E-state index in [-0.39, 0.29) is 0 Å². The molecule has 0 saturated carbocycles. The monoisotopic (exact) mass is 143 g/mol. The highest BCUT2D eigenvalue weighted by Crippen LogP contribution is 2.00.